The fraction of sp³-hybridized carbons (Fsp3) is 0.500. The standard InChI is InChI=1S/C18H24ClN3O/c19-13-6-7-16-17(8-9-20-18(16)10-13)22-12-15(23)11-21-14-4-2-1-3-5-14/h6-10,14-15,21,23H,1-5,11-12H2,(H,20,22)/t15-/m0/s1. The van der Waals surface area contributed by atoms with Crippen LogP contribution in [0.1, 0.15) is 32.1 Å². The number of hydrogen-bond donors (Lipinski definition) is 3. The average Bonchev–Trinajstić information content (AvgIpc) is 2.58. The highest BCUT2D eigenvalue weighted by molar-refractivity contribution is 6.31. The zero-order chi connectivity index (χ0) is 16.1. The number of aliphatic hydroxyl groups excluding tert-OH is 1. The highest BCUT2D eigenvalue weighted by atomic mass is 35.5. The van der Waals surface area contributed by atoms with Crippen LogP contribution < -0.4 is 10.6 Å². The van der Waals surface area contributed by atoms with Crippen molar-refractivity contribution in [1.29, 1.82) is 0 Å². The van der Waals surface area contributed by atoms with E-state index in [-0.39, 0.29) is 0 Å². The van der Waals surface area contributed by atoms with Gasteiger partial charge in [0.05, 0.1) is 11.6 Å². The van der Waals surface area contributed by atoms with Crippen LogP contribution >= 0.6 is 11.6 Å². The van der Waals surface area contributed by atoms with E-state index in [1.165, 1.54) is 32.1 Å². The predicted molar refractivity (Wildman–Crippen MR) is 96.1 cm³/mol. The molecule has 1 saturated carbocycles. The van der Waals surface area contributed by atoms with E-state index in [0.29, 0.717) is 24.2 Å². The summed E-state index contributed by atoms with van der Waals surface area (Å²) >= 11 is 6.00. The first-order valence-corrected chi connectivity index (χ1v) is 8.80. The second kappa shape index (κ2) is 7.95. The molecule has 0 saturated heterocycles. The fourth-order valence-corrected chi connectivity index (χ4v) is 3.35. The summed E-state index contributed by atoms with van der Waals surface area (Å²) in [6.45, 7) is 1.15. The van der Waals surface area contributed by atoms with Gasteiger partial charge in [-0.25, -0.2) is 0 Å². The van der Waals surface area contributed by atoms with Gasteiger partial charge < -0.3 is 15.7 Å². The van der Waals surface area contributed by atoms with E-state index in [4.69, 9.17) is 11.6 Å². The van der Waals surface area contributed by atoms with Gasteiger partial charge in [0, 0.05) is 41.4 Å². The third-order valence-electron chi connectivity index (χ3n) is 4.48. The molecule has 1 aromatic heterocycles. The number of hydrogen-bond acceptors (Lipinski definition) is 4. The Labute approximate surface area is 142 Å². The Morgan fingerprint density at radius 1 is 1.17 bits per heavy atom. The van der Waals surface area contributed by atoms with Gasteiger partial charge in [0.15, 0.2) is 0 Å². The summed E-state index contributed by atoms with van der Waals surface area (Å²) in [5.74, 6) is 0. The van der Waals surface area contributed by atoms with Crippen LogP contribution in [0.5, 0.6) is 0 Å². The number of aromatic nitrogens is 1. The second-order valence-electron chi connectivity index (χ2n) is 6.30. The van der Waals surface area contributed by atoms with Gasteiger partial charge in [0.1, 0.15) is 0 Å². The van der Waals surface area contributed by atoms with Gasteiger partial charge in [-0.05, 0) is 37.1 Å². The minimum absolute atomic E-state index is 0.410. The first kappa shape index (κ1) is 16.5. The van der Waals surface area contributed by atoms with Crippen molar-refractivity contribution in [3.05, 3.63) is 35.5 Å². The maximum Gasteiger partial charge on any atom is 0.0836 e. The zero-order valence-corrected chi connectivity index (χ0v) is 14.0. The van der Waals surface area contributed by atoms with Crippen LogP contribution in [-0.2, 0) is 0 Å². The lowest BCUT2D eigenvalue weighted by Crippen LogP contribution is -2.39. The Morgan fingerprint density at radius 2 is 2.00 bits per heavy atom. The number of halogens is 1. The molecule has 1 aliphatic carbocycles. The summed E-state index contributed by atoms with van der Waals surface area (Å²) in [5.41, 5.74) is 1.83. The number of anilines is 1. The summed E-state index contributed by atoms with van der Waals surface area (Å²) < 4.78 is 0. The molecule has 0 unspecified atom stereocenters. The Kier molecular flexibility index (Phi) is 5.70. The topological polar surface area (TPSA) is 57.2 Å². The molecule has 1 heterocycles. The summed E-state index contributed by atoms with van der Waals surface area (Å²) in [6, 6.07) is 8.17. The Morgan fingerprint density at radius 3 is 2.83 bits per heavy atom. The molecule has 1 atom stereocenters. The van der Waals surface area contributed by atoms with Crippen molar-refractivity contribution in [3.63, 3.8) is 0 Å². The van der Waals surface area contributed by atoms with Crippen LogP contribution in [0.25, 0.3) is 10.9 Å². The third kappa shape index (κ3) is 4.56. The van der Waals surface area contributed by atoms with Gasteiger partial charge >= 0.3 is 0 Å². The number of fused-ring (bicyclic) bond motifs is 1. The maximum atomic E-state index is 10.2. The summed E-state index contributed by atoms with van der Waals surface area (Å²) in [7, 11) is 0. The number of rotatable bonds is 6. The Balaban J connectivity index is 1.53. The lowest BCUT2D eigenvalue weighted by Gasteiger charge is -2.24. The van der Waals surface area contributed by atoms with Gasteiger partial charge in [-0.3, -0.25) is 4.98 Å². The van der Waals surface area contributed by atoms with Crippen molar-refractivity contribution in [2.75, 3.05) is 18.4 Å². The first-order chi connectivity index (χ1) is 11.2. The van der Waals surface area contributed by atoms with Crippen molar-refractivity contribution in [2.45, 2.75) is 44.2 Å². The second-order valence-corrected chi connectivity index (χ2v) is 6.73. The van der Waals surface area contributed by atoms with Crippen molar-refractivity contribution in [1.82, 2.24) is 10.3 Å². The van der Waals surface area contributed by atoms with Gasteiger partial charge in [0.25, 0.3) is 0 Å². The van der Waals surface area contributed by atoms with Crippen molar-refractivity contribution in [2.24, 2.45) is 0 Å². The van der Waals surface area contributed by atoms with Gasteiger partial charge in [-0.15, -0.1) is 0 Å². The first-order valence-electron chi connectivity index (χ1n) is 8.42. The van der Waals surface area contributed by atoms with Gasteiger partial charge in [-0.2, -0.15) is 0 Å². The van der Waals surface area contributed by atoms with E-state index in [1.807, 2.05) is 24.3 Å². The van der Waals surface area contributed by atoms with E-state index < -0.39 is 6.10 Å². The number of pyridine rings is 1. The third-order valence-corrected chi connectivity index (χ3v) is 4.72. The molecular weight excluding hydrogens is 310 g/mol. The lowest BCUT2D eigenvalue weighted by atomic mass is 9.95. The Hall–Kier alpha value is -1.36. The quantitative estimate of drug-likeness (QED) is 0.756. The van der Waals surface area contributed by atoms with Crippen molar-refractivity contribution >= 4 is 28.2 Å². The van der Waals surface area contributed by atoms with Crippen molar-refractivity contribution < 1.29 is 5.11 Å². The van der Waals surface area contributed by atoms with Gasteiger partial charge in [-0.1, -0.05) is 30.9 Å². The highest BCUT2D eigenvalue weighted by Crippen LogP contribution is 2.24. The molecule has 3 rings (SSSR count). The largest absolute Gasteiger partial charge is 0.390 e. The van der Waals surface area contributed by atoms with Crippen LogP contribution in [0.4, 0.5) is 5.69 Å². The molecule has 0 spiro atoms. The molecule has 1 aliphatic rings. The van der Waals surface area contributed by atoms with Gasteiger partial charge in [0.2, 0.25) is 0 Å². The van der Waals surface area contributed by atoms with Crippen LogP contribution in [0, 0.1) is 0 Å². The molecule has 0 bridgehead atoms. The van der Waals surface area contributed by atoms with Crippen molar-refractivity contribution in [3.8, 4) is 0 Å². The smallest absolute Gasteiger partial charge is 0.0836 e. The van der Waals surface area contributed by atoms with Crippen LogP contribution in [-0.4, -0.2) is 35.3 Å². The number of nitrogens with zero attached hydrogens (tertiary/aromatic N) is 1. The average molecular weight is 334 g/mol. The molecule has 23 heavy (non-hydrogen) atoms. The number of benzene rings is 1. The number of nitrogens with one attached hydrogen (secondary N) is 2. The van der Waals surface area contributed by atoms with Crippen LogP contribution in [0.15, 0.2) is 30.5 Å². The normalized spacial score (nSPS) is 17.3. The molecular formula is C18H24ClN3O. The molecule has 3 N–H and O–H groups in total. The number of aliphatic hydroxyl groups is 1. The Bertz CT molecular complexity index is 643. The summed E-state index contributed by atoms with van der Waals surface area (Å²) in [5, 5.41) is 18.7. The van der Waals surface area contributed by atoms with E-state index in [2.05, 4.69) is 15.6 Å². The SMILES string of the molecule is O[C@H](CNc1ccnc2cc(Cl)ccc12)CNC1CCCCC1. The van der Waals surface area contributed by atoms with E-state index in [9.17, 15) is 5.11 Å². The fourth-order valence-electron chi connectivity index (χ4n) is 3.18. The predicted octanol–water partition coefficient (Wildman–Crippen LogP) is 3.58. The molecule has 0 amide bonds. The van der Waals surface area contributed by atoms with E-state index >= 15 is 0 Å². The van der Waals surface area contributed by atoms with E-state index in [1.54, 1.807) is 6.20 Å². The monoisotopic (exact) mass is 333 g/mol. The molecule has 4 nitrogen and oxygen atoms in total. The summed E-state index contributed by atoms with van der Waals surface area (Å²) in [4.78, 5) is 4.33. The highest BCUT2D eigenvalue weighted by Gasteiger charge is 2.14. The molecule has 1 fully saturated rings. The molecule has 1 aromatic carbocycles. The molecule has 5 heteroatoms. The molecule has 0 aliphatic heterocycles. The molecule has 0 radical (unpaired) electrons. The molecule has 124 valence electrons. The van der Waals surface area contributed by atoms with E-state index in [0.717, 1.165) is 16.6 Å². The zero-order valence-electron chi connectivity index (χ0n) is 13.3. The minimum Gasteiger partial charge on any atom is -0.390 e. The molecule has 2 aromatic rings. The summed E-state index contributed by atoms with van der Waals surface area (Å²) in [6.07, 6.45) is 7.77. The minimum atomic E-state index is -0.410. The van der Waals surface area contributed by atoms with Crippen LogP contribution in [0.3, 0.4) is 0 Å². The maximum absolute atomic E-state index is 10.2. The lowest BCUT2D eigenvalue weighted by molar-refractivity contribution is 0.175. The van der Waals surface area contributed by atoms with Crippen LogP contribution in [0.2, 0.25) is 5.02 Å².